The van der Waals surface area contributed by atoms with Crippen LogP contribution in [0.25, 0.3) is 0 Å². The molecule has 0 fully saturated rings. The first kappa shape index (κ1) is 10.7. The van der Waals surface area contributed by atoms with Crippen molar-refractivity contribution < 1.29 is 4.79 Å². The molecule has 0 aromatic carbocycles. The Balaban J connectivity index is 2.47. The number of nitrogens with one attached hydrogen (secondary N) is 1. The lowest BCUT2D eigenvalue weighted by atomic mass is 9.87. The highest BCUT2D eigenvalue weighted by atomic mass is 16.1. The van der Waals surface area contributed by atoms with Gasteiger partial charge in [0, 0.05) is 6.42 Å². The number of imidazole rings is 1. The number of allylic oxidation sites excluding steroid dienone is 1. The van der Waals surface area contributed by atoms with Gasteiger partial charge in [-0.2, -0.15) is 0 Å². The van der Waals surface area contributed by atoms with Gasteiger partial charge in [0.05, 0.1) is 12.5 Å². The first-order valence-electron chi connectivity index (χ1n) is 4.70. The zero-order valence-electron chi connectivity index (χ0n) is 8.71. The van der Waals surface area contributed by atoms with Gasteiger partial charge < -0.3 is 4.98 Å². The third-order valence-corrected chi connectivity index (χ3v) is 2.35. The van der Waals surface area contributed by atoms with Crippen LogP contribution < -0.4 is 0 Å². The zero-order chi connectivity index (χ0) is 10.6. The second-order valence-electron chi connectivity index (χ2n) is 4.08. The van der Waals surface area contributed by atoms with Gasteiger partial charge in [-0.3, -0.25) is 4.79 Å². The maximum Gasteiger partial charge on any atom is 0.180 e. The molecule has 0 saturated carbocycles. The fraction of sp³-hybridized carbons (Fsp3) is 0.455. The van der Waals surface area contributed by atoms with E-state index in [1.165, 1.54) is 6.33 Å². The lowest BCUT2D eigenvalue weighted by molar-refractivity contribution is 0.0965. The van der Waals surface area contributed by atoms with Crippen LogP contribution in [0.2, 0.25) is 0 Å². The number of hydrogen-bond acceptors (Lipinski definition) is 2. The molecule has 0 saturated heterocycles. The monoisotopic (exact) mass is 192 g/mol. The smallest absolute Gasteiger partial charge is 0.180 e. The summed E-state index contributed by atoms with van der Waals surface area (Å²) in [5.41, 5.74) is 0.611. The summed E-state index contributed by atoms with van der Waals surface area (Å²) in [6.45, 7) is 7.88. The molecule has 1 N–H and O–H groups in total. The molecule has 0 atom stereocenters. The third kappa shape index (κ3) is 2.83. The van der Waals surface area contributed by atoms with E-state index in [4.69, 9.17) is 0 Å². The van der Waals surface area contributed by atoms with Crippen LogP contribution in [0.15, 0.2) is 25.2 Å². The molecule has 0 aliphatic carbocycles. The summed E-state index contributed by atoms with van der Waals surface area (Å²) in [6, 6.07) is 0. The molecule has 0 bridgehead atoms. The highest BCUT2D eigenvalue weighted by Gasteiger charge is 2.16. The van der Waals surface area contributed by atoms with E-state index in [1.807, 2.05) is 6.08 Å². The van der Waals surface area contributed by atoms with Crippen LogP contribution in [0.5, 0.6) is 0 Å². The number of H-pyrrole nitrogens is 1. The summed E-state index contributed by atoms with van der Waals surface area (Å²) in [4.78, 5) is 18.2. The molecule has 0 amide bonds. The number of hydrogen-bond donors (Lipinski definition) is 1. The number of aromatic nitrogens is 2. The van der Waals surface area contributed by atoms with Crippen LogP contribution in [0.1, 0.15) is 37.2 Å². The predicted molar refractivity (Wildman–Crippen MR) is 56.1 cm³/mol. The van der Waals surface area contributed by atoms with Crippen molar-refractivity contribution >= 4 is 5.78 Å². The van der Waals surface area contributed by atoms with Gasteiger partial charge >= 0.3 is 0 Å². The molecule has 1 aromatic rings. The molecular formula is C11H16N2O. The second-order valence-corrected chi connectivity index (χ2v) is 4.08. The standard InChI is InChI=1S/C11H16N2O/c1-4-11(2,3)6-5-10(14)9-7-12-8-13-9/h4,7-8H,1,5-6H2,2-3H3,(H,12,13). The largest absolute Gasteiger partial charge is 0.342 e. The van der Waals surface area contributed by atoms with E-state index in [0.29, 0.717) is 12.1 Å². The van der Waals surface area contributed by atoms with Crippen molar-refractivity contribution in [2.24, 2.45) is 5.41 Å². The minimum absolute atomic E-state index is 0.0235. The molecule has 3 nitrogen and oxygen atoms in total. The van der Waals surface area contributed by atoms with Gasteiger partial charge in [-0.25, -0.2) is 4.98 Å². The molecule has 76 valence electrons. The van der Waals surface area contributed by atoms with Crippen molar-refractivity contribution in [1.29, 1.82) is 0 Å². The predicted octanol–water partition coefficient (Wildman–Crippen LogP) is 2.58. The first-order valence-corrected chi connectivity index (χ1v) is 4.70. The van der Waals surface area contributed by atoms with Crippen molar-refractivity contribution in [1.82, 2.24) is 9.97 Å². The van der Waals surface area contributed by atoms with E-state index in [2.05, 4.69) is 30.4 Å². The molecule has 14 heavy (non-hydrogen) atoms. The Morgan fingerprint density at radius 2 is 2.43 bits per heavy atom. The average Bonchev–Trinajstić information content (AvgIpc) is 2.67. The number of ketones is 1. The number of carbonyl (C=O) groups excluding carboxylic acids is 1. The Labute approximate surface area is 84.3 Å². The van der Waals surface area contributed by atoms with Gasteiger partial charge in [0.1, 0.15) is 5.69 Å². The summed E-state index contributed by atoms with van der Waals surface area (Å²) in [7, 11) is 0. The summed E-state index contributed by atoms with van der Waals surface area (Å²) in [5.74, 6) is 0.109. The van der Waals surface area contributed by atoms with Crippen molar-refractivity contribution in [2.45, 2.75) is 26.7 Å². The van der Waals surface area contributed by atoms with Crippen LogP contribution >= 0.6 is 0 Å². The molecule has 0 radical (unpaired) electrons. The molecule has 1 aromatic heterocycles. The molecule has 1 rings (SSSR count). The van der Waals surface area contributed by atoms with Gasteiger partial charge in [0.25, 0.3) is 0 Å². The molecular weight excluding hydrogens is 176 g/mol. The van der Waals surface area contributed by atoms with Crippen molar-refractivity contribution in [3.8, 4) is 0 Å². The van der Waals surface area contributed by atoms with Crippen LogP contribution in [-0.4, -0.2) is 15.8 Å². The van der Waals surface area contributed by atoms with Crippen LogP contribution in [0.3, 0.4) is 0 Å². The van der Waals surface area contributed by atoms with Gasteiger partial charge in [0.15, 0.2) is 5.78 Å². The van der Waals surface area contributed by atoms with E-state index in [-0.39, 0.29) is 11.2 Å². The Kier molecular flexibility index (Phi) is 3.23. The summed E-state index contributed by atoms with van der Waals surface area (Å²) in [5, 5.41) is 0. The topological polar surface area (TPSA) is 45.8 Å². The molecule has 3 heteroatoms. The minimum Gasteiger partial charge on any atom is -0.342 e. The number of rotatable bonds is 5. The van der Waals surface area contributed by atoms with Crippen molar-refractivity contribution in [3.63, 3.8) is 0 Å². The number of carbonyl (C=O) groups is 1. The fourth-order valence-corrected chi connectivity index (χ4v) is 1.08. The molecule has 0 aliphatic rings. The lowest BCUT2D eigenvalue weighted by Crippen LogP contribution is -2.10. The zero-order valence-corrected chi connectivity index (χ0v) is 8.71. The van der Waals surface area contributed by atoms with Crippen LogP contribution in [0, 0.1) is 5.41 Å². The second kappa shape index (κ2) is 4.22. The highest BCUT2D eigenvalue weighted by Crippen LogP contribution is 2.23. The number of nitrogens with zero attached hydrogens (tertiary/aromatic N) is 1. The van der Waals surface area contributed by atoms with Gasteiger partial charge in [-0.05, 0) is 11.8 Å². The molecule has 0 spiro atoms. The maximum absolute atomic E-state index is 11.6. The highest BCUT2D eigenvalue weighted by molar-refractivity contribution is 5.93. The molecule has 1 heterocycles. The van der Waals surface area contributed by atoms with Crippen LogP contribution in [-0.2, 0) is 0 Å². The van der Waals surface area contributed by atoms with Gasteiger partial charge in [-0.15, -0.1) is 6.58 Å². The van der Waals surface area contributed by atoms with E-state index in [9.17, 15) is 4.79 Å². The van der Waals surface area contributed by atoms with E-state index < -0.39 is 0 Å². The Bertz CT molecular complexity index is 312. The molecule has 0 unspecified atom stereocenters. The van der Waals surface area contributed by atoms with E-state index in [1.54, 1.807) is 6.20 Å². The first-order chi connectivity index (χ1) is 6.55. The Morgan fingerprint density at radius 3 is 2.93 bits per heavy atom. The fourth-order valence-electron chi connectivity index (χ4n) is 1.08. The normalized spacial score (nSPS) is 11.3. The Morgan fingerprint density at radius 1 is 1.71 bits per heavy atom. The van der Waals surface area contributed by atoms with Crippen molar-refractivity contribution in [3.05, 3.63) is 30.9 Å². The Hall–Kier alpha value is -1.38. The summed E-state index contributed by atoms with van der Waals surface area (Å²) < 4.78 is 0. The average molecular weight is 192 g/mol. The molecule has 0 aliphatic heterocycles. The number of aromatic amines is 1. The number of Topliss-reactive ketones (excluding diaryl/α,β-unsaturated/α-hetero) is 1. The SMILES string of the molecule is C=CC(C)(C)CCC(=O)c1cnc[nH]1. The third-order valence-electron chi connectivity index (χ3n) is 2.35. The quantitative estimate of drug-likeness (QED) is 0.575. The van der Waals surface area contributed by atoms with Gasteiger partial charge in [0.2, 0.25) is 0 Å². The lowest BCUT2D eigenvalue weighted by Gasteiger charge is -2.18. The minimum atomic E-state index is 0.0235. The van der Waals surface area contributed by atoms with Crippen molar-refractivity contribution in [2.75, 3.05) is 0 Å². The maximum atomic E-state index is 11.6. The van der Waals surface area contributed by atoms with E-state index >= 15 is 0 Å². The summed E-state index contributed by atoms with van der Waals surface area (Å²) >= 11 is 0. The van der Waals surface area contributed by atoms with Crippen LogP contribution in [0.4, 0.5) is 0 Å². The summed E-state index contributed by atoms with van der Waals surface area (Å²) in [6.07, 6.45) is 6.30. The van der Waals surface area contributed by atoms with Gasteiger partial charge in [-0.1, -0.05) is 19.9 Å². The van der Waals surface area contributed by atoms with E-state index in [0.717, 1.165) is 6.42 Å².